The maximum Gasteiger partial charge on any atom is 0.311 e. The van der Waals surface area contributed by atoms with Crippen molar-refractivity contribution in [3.8, 4) is 5.75 Å². The van der Waals surface area contributed by atoms with Gasteiger partial charge in [-0.15, -0.1) is 0 Å². The summed E-state index contributed by atoms with van der Waals surface area (Å²) in [5, 5.41) is 0. The van der Waals surface area contributed by atoms with Gasteiger partial charge in [0.05, 0.1) is 6.10 Å². The first-order chi connectivity index (χ1) is 11.5. The number of aryl methyl sites for hydroxylation is 1. The molecule has 0 aromatic heterocycles. The van der Waals surface area contributed by atoms with Crippen molar-refractivity contribution < 1.29 is 19.1 Å². The molecule has 0 aliphatic heterocycles. The number of rotatable bonds is 11. The average molecular weight is 334 g/mol. The van der Waals surface area contributed by atoms with Gasteiger partial charge >= 0.3 is 11.9 Å². The summed E-state index contributed by atoms with van der Waals surface area (Å²) in [5.74, 6) is 0.0123. The molecule has 0 spiro atoms. The molecule has 0 N–H and O–H groups in total. The molecule has 0 saturated carbocycles. The lowest BCUT2D eigenvalue weighted by molar-refractivity contribution is -0.148. The van der Waals surface area contributed by atoms with E-state index >= 15 is 0 Å². The Hall–Kier alpha value is -1.84. The minimum absolute atomic E-state index is 0.0483. The predicted molar refractivity (Wildman–Crippen MR) is 95.0 cm³/mol. The number of benzene rings is 1. The zero-order chi connectivity index (χ0) is 17.8. The van der Waals surface area contributed by atoms with Gasteiger partial charge in [0.25, 0.3) is 0 Å². The van der Waals surface area contributed by atoms with Crippen molar-refractivity contribution in [3.63, 3.8) is 0 Å². The molecule has 0 aliphatic carbocycles. The van der Waals surface area contributed by atoms with Crippen LogP contribution in [0, 0.1) is 0 Å². The molecule has 0 saturated heterocycles. The highest BCUT2D eigenvalue weighted by atomic mass is 16.5. The third-order valence-electron chi connectivity index (χ3n) is 3.85. The Labute approximate surface area is 145 Å². The minimum atomic E-state index is -0.313. The molecule has 134 valence electrons. The van der Waals surface area contributed by atoms with E-state index in [4.69, 9.17) is 9.47 Å². The van der Waals surface area contributed by atoms with E-state index in [9.17, 15) is 9.59 Å². The Bertz CT molecular complexity index is 510. The summed E-state index contributed by atoms with van der Waals surface area (Å²) < 4.78 is 10.6. The summed E-state index contributed by atoms with van der Waals surface area (Å²) in [6, 6.07) is 7.50. The first-order valence-electron chi connectivity index (χ1n) is 9.04. The zero-order valence-corrected chi connectivity index (χ0v) is 15.2. The number of carbonyl (C=O) groups excluding carboxylic acids is 2. The van der Waals surface area contributed by atoms with Gasteiger partial charge in [-0.25, -0.2) is 0 Å². The number of carbonyl (C=O) groups is 2. The lowest BCUT2D eigenvalue weighted by Gasteiger charge is -2.12. The van der Waals surface area contributed by atoms with E-state index < -0.39 is 0 Å². The number of esters is 2. The SMILES string of the molecule is CCCCCC(C)OC(=O)CCCC(=O)Oc1cccc(CC)c1. The first kappa shape index (κ1) is 20.2. The Balaban J connectivity index is 2.21. The summed E-state index contributed by atoms with van der Waals surface area (Å²) in [7, 11) is 0. The minimum Gasteiger partial charge on any atom is -0.463 e. The molecule has 0 aliphatic rings. The van der Waals surface area contributed by atoms with E-state index in [0.29, 0.717) is 12.2 Å². The molecule has 1 aromatic carbocycles. The third-order valence-corrected chi connectivity index (χ3v) is 3.85. The fourth-order valence-corrected chi connectivity index (χ4v) is 2.41. The average Bonchev–Trinajstić information content (AvgIpc) is 2.55. The van der Waals surface area contributed by atoms with Crippen LogP contribution in [0.4, 0.5) is 0 Å². The summed E-state index contributed by atoms with van der Waals surface area (Å²) in [4.78, 5) is 23.6. The van der Waals surface area contributed by atoms with Crippen molar-refractivity contribution in [2.24, 2.45) is 0 Å². The molecule has 4 nitrogen and oxygen atoms in total. The highest BCUT2D eigenvalue weighted by molar-refractivity contribution is 5.74. The number of hydrogen-bond acceptors (Lipinski definition) is 4. The zero-order valence-electron chi connectivity index (χ0n) is 15.2. The second-order valence-corrected chi connectivity index (χ2v) is 6.12. The smallest absolute Gasteiger partial charge is 0.311 e. The maximum atomic E-state index is 11.8. The van der Waals surface area contributed by atoms with Crippen LogP contribution in [0.2, 0.25) is 0 Å². The van der Waals surface area contributed by atoms with Gasteiger partial charge in [0.1, 0.15) is 5.75 Å². The highest BCUT2D eigenvalue weighted by Crippen LogP contribution is 2.15. The van der Waals surface area contributed by atoms with Gasteiger partial charge in [0.2, 0.25) is 0 Å². The summed E-state index contributed by atoms with van der Waals surface area (Å²) in [6.07, 6.45) is 6.06. The largest absolute Gasteiger partial charge is 0.463 e. The van der Waals surface area contributed by atoms with E-state index in [1.807, 2.05) is 25.1 Å². The topological polar surface area (TPSA) is 52.6 Å². The fourth-order valence-electron chi connectivity index (χ4n) is 2.41. The van der Waals surface area contributed by atoms with E-state index in [1.165, 1.54) is 0 Å². The van der Waals surface area contributed by atoms with Crippen LogP contribution in [0.3, 0.4) is 0 Å². The molecule has 0 radical (unpaired) electrons. The molecule has 0 heterocycles. The second kappa shape index (κ2) is 11.7. The summed E-state index contributed by atoms with van der Waals surface area (Å²) >= 11 is 0. The van der Waals surface area contributed by atoms with Gasteiger partial charge < -0.3 is 9.47 Å². The molecule has 0 bridgehead atoms. The molecule has 0 fully saturated rings. The van der Waals surface area contributed by atoms with Crippen molar-refractivity contribution in [1.82, 2.24) is 0 Å². The number of hydrogen-bond donors (Lipinski definition) is 0. The Morgan fingerprint density at radius 3 is 2.50 bits per heavy atom. The molecule has 0 amide bonds. The maximum absolute atomic E-state index is 11.8. The molecule has 1 unspecified atom stereocenters. The lowest BCUT2D eigenvalue weighted by Crippen LogP contribution is -2.15. The van der Waals surface area contributed by atoms with Crippen LogP contribution in [0.25, 0.3) is 0 Å². The Morgan fingerprint density at radius 2 is 1.79 bits per heavy atom. The van der Waals surface area contributed by atoms with E-state index in [2.05, 4.69) is 13.8 Å². The third kappa shape index (κ3) is 8.70. The molecule has 4 heteroatoms. The van der Waals surface area contributed by atoms with E-state index in [-0.39, 0.29) is 30.9 Å². The second-order valence-electron chi connectivity index (χ2n) is 6.12. The molecule has 1 rings (SSSR count). The predicted octanol–water partition coefficient (Wildman–Crippen LogP) is 4.84. The Morgan fingerprint density at radius 1 is 1.04 bits per heavy atom. The molecular formula is C20H30O4. The van der Waals surface area contributed by atoms with Crippen LogP contribution >= 0.6 is 0 Å². The molecular weight excluding hydrogens is 304 g/mol. The van der Waals surface area contributed by atoms with Crippen molar-refractivity contribution in [1.29, 1.82) is 0 Å². The fraction of sp³-hybridized carbons (Fsp3) is 0.600. The van der Waals surface area contributed by atoms with Crippen LogP contribution in [0.5, 0.6) is 5.75 Å². The molecule has 1 aromatic rings. The van der Waals surface area contributed by atoms with E-state index in [1.54, 1.807) is 6.07 Å². The van der Waals surface area contributed by atoms with Gasteiger partial charge in [-0.1, -0.05) is 38.8 Å². The lowest BCUT2D eigenvalue weighted by atomic mass is 10.1. The van der Waals surface area contributed by atoms with Gasteiger partial charge in [-0.3, -0.25) is 9.59 Å². The monoisotopic (exact) mass is 334 g/mol. The van der Waals surface area contributed by atoms with Crippen molar-refractivity contribution in [3.05, 3.63) is 29.8 Å². The van der Waals surface area contributed by atoms with Crippen molar-refractivity contribution in [2.75, 3.05) is 0 Å². The Kier molecular flexibility index (Phi) is 9.81. The van der Waals surface area contributed by atoms with Gasteiger partial charge in [-0.05, 0) is 50.3 Å². The normalized spacial score (nSPS) is 11.8. The van der Waals surface area contributed by atoms with Crippen molar-refractivity contribution in [2.45, 2.75) is 78.2 Å². The van der Waals surface area contributed by atoms with Gasteiger partial charge in [0.15, 0.2) is 0 Å². The van der Waals surface area contributed by atoms with Crippen LogP contribution in [0.1, 0.15) is 71.3 Å². The summed E-state index contributed by atoms with van der Waals surface area (Å²) in [6.45, 7) is 6.12. The standard InChI is InChI=1S/C20H30O4/c1-4-6-7-10-16(3)23-19(21)13-9-14-20(22)24-18-12-8-11-17(5-2)15-18/h8,11-12,15-16H,4-7,9-10,13-14H2,1-3H3. The van der Waals surface area contributed by atoms with Gasteiger partial charge in [0, 0.05) is 12.8 Å². The van der Waals surface area contributed by atoms with Crippen LogP contribution in [-0.2, 0) is 20.7 Å². The van der Waals surface area contributed by atoms with Crippen molar-refractivity contribution >= 4 is 11.9 Å². The van der Waals surface area contributed by atoms with Crippen LogP contribution in [0.15, 0.2) is 24.3 Å². The molecule has 24 heavy (non-hydrogen) atoms. The van der Waals surface area contributed by atoms with Crippen LogP contribution < -0.4 is 4.74 Å². The summed E-state index contributed by atoms with van der Waals surface area (Å²) in [5.41, 5.74) is 1.13. The number of ether oxygens (including phenoxy) is 2. The quantitative estimate of drug-likeness (QED) is 0.330. The number of unbranched alkanes of at least 4 members (excludes halogenated alkanes) is 2. The molecule has 1 atom stereocenters. The highest BCUT2D eigenvalue weighted by Gasteiger charge is 2.11. The van der Waals surface area contributed by atoms with Gasteiger partial charge in [-0.2, -0.15) is 0 Å². The van der Waals surface area contributed by atoms with E-state index in [0.717, 1.165) is 37.7 Å². The van der Waals surface area contributed by atoms with Crippen LogP contribution in [-0.4, -0.2) is 18.0 Å². The first-order valence-corrected chi connectivity index (χ1v) is 9.04.